The average molecular weight is 268 g/mol. The summed E-state index contributed by atoms with van der Waals surface area (Å²) in [4.78, 5) is 12.0. The Kier molecular flexibility index (Phi) is 3.04. The summed E-state index contributed by atoms with van der Waals surface area (Å²) in [5.41, 5.74) is 2.43. The molecule has 1 saturated carbocycles. The Bertz CT molecular complexity index is 590. The van der Waals surface area contributed by atoms with Gasteiger partial charge in [0, 0.05) is 5.92 Å². The van der Waals surface area contributed by atoms with Crippen molar-refractivity contribution in [3.8, 4) is 5.75 Å². The highest BCUT2D eigenvalue weighted by atomic mass is 16.5. The Labute approximate surface area is 120 Å². The molecule has 0 aromatic heterocycles. The second-order valence-corrected chi connectivity index (χ2v) is 6.32. The van der Waals surface area contributed by atoms with Gasteiger partial charge >= 0.3 is 0 Å². The molecule has 0 radical (unpaired) electrons. The first-order valence-corrected chi connectivity index (χ1v) is 7.10. The predicted molar refractivity (Wildman–Crippen MR) is 80.5 cm³/mol. The maximum atomic E-state index is 12.0. The summed E-state index contributed by atoms with van der Waals surface area (Å²) in [7, 11) is 1.67. The highest BCUT2D eigenvalue weighted by Gasteiger charge is 2.54. The standard InChI is InChI=1S/C18H20O2/c1-18(2)15-11-16(18)17(19)10-13(15)7-4-12-5-8-14(20-3)9-6-12/h4-10,15-16H,11H2,1-3H3/b7-4+/t15-,16+/m0/s1. The van der Waals surface area contributed by atoms with E-state index in [1.807, 2.05) is 30.3 Å². The normalized spacial score (nSPS) is 27.1. The molecular formula is C18H20O2. The molecule has 2 heteroatoms. The Morgan fingerprint density at radius 1 is 1.15 bits per heavy atom. The largest absolute Gasteiger partial charge is 0.497 e. The summed E-state index contributed by atoms with van der Waals surface area (Å²) < 4.78 is 5.15. The molecule has 1 aromatic carbocycles. The monoisotopic (exact) mass is 268 g/mol. The molecule has 20 heavy (non-hydrogen) atoms. The second-order valence-electron chi connectivity index (χ2n) is 6.32. The topological polar surface area (TPSA) is 26.3 Å². The molecule has 1 fully saturated rings. The van der Waals surface area contributed by atoms with Crippen LogP contribution in [0.15, 0.2) is 42.0 Å². The van der Waals surface area contributed by atoms with E-state index in [1.54, 1.807) is 7.11 Å². The van der Waals surface area contributed by atoms with Crippen LogP contribution in [-0.2, 0) is 4.79 Å². The number of rotatable bonds is 3. The molecule has 3 aliphatic carbocycles. The third kappa shape index (κ3) is 2.00. The van der Waals surface area contributed by atoms with Crippen molar-refractivity contribution in [1.29, 1.82) is 0 Å². The van der Waals surface area contributed by atoms with Crippen LogP contribution in [0.25, 0.3) is 6.08 Å². The van der Waals surface area contributed by atoms with Gasteiger partial charge in [0.25, 0.3) is 0 Å². The van der Waals surface area contributed by atoms with Crippen molar-refractivity contribution in [3.63, 3.8) is 0 Å². The van der Waals surface area contributed by atoms with Gasteiger partial charge in [-0.1, -0.05) is 38.1 Å². The van der Waals surface area contributed by atoms with E-state index in [0.29, 0.717) is 11.7 Å². The van der Waals surface area contributed by atoms with E-state index < -0.39 is 0 Å². The van der Waals surface area contributed by atoms with E-state index in [1.165, 1.54) is 5.57 Å². The number of carbonyl (C=O) groups excluding carboxylic acids is 1. The van der Waals surface area contributed by atoms with E-state index >= 15 is 0 Å². The van der Waals surface area contributed by atoms with E-state index in [-0.39, 0.29) is 11.3 Å². The van der Waals surface area contributed by atoms with Crippen LogP contribution in [0.3, 0.4) is 0 Å². The zero-order chi connectivity index (χ0) is 14.3. The highest BCUT2D eigenvalue weighted by molar-refractivity contribution is 5.96. The molecule has 0 amide bonds. The van der Waals surface area contributed by atoms with Gasteiger partial charge in [0.15, 0.2) is 5.78 Å². The zero-order valence-electron chi connectivity index (χ0n) is 12.2. The van der Waals surface area contributed by atoms with Crippen molar-refractivity contribution in [1.82, 2.24) is 0 Å². The van der Waals surface area contributed by atoms with Crippen LogP contribution in [0.2, 0.25) is 0 Å². The molecule has 2 bridgehead atoms. The number of hydrogen-bond donors (Lipinski definition) is 0. The summed E-state index contributed by atoms with van der Waals surface area (Å²) >= 11 is 0. The quantitative estimate of drug-likeness (QED) is 0.831. The SMILES string of the molecule is COc1ccc(/C=C/C2=CC(=O)[C@H]3C[C@@H]2C3(C)C)cc1. The summed E-state index contributed by atoms with van der Waals surface area (Å²) in [5.74, 6) is 1.93. The van der Waals surface area contributed by atoms with Crippen LogP contribution in [0.4, 0.5) is 0 Å². The first kappa shape index (κ1) is 13.2. The lowest BCUT2D eigenvalue weighted by molar-refractivity contribution is -0.133. The lowest BCUT2D eigenvalue weighted by atomic mass is 9.48. The Morgan fingerprint density at radius 3 is 2.40 bits per heavy atom. The molecule has 0 N–H and O–H groups in total. The van der Waals surface area contributed by atoms with Gasteiger partial charge in [0.1, 0.15) is 5.75 Å². The van der Waals surface area contributed by atoms with E-state index in [2.05, 4.69) is 26.0 Å². The van der Waals surface area contributed by atoms with Crippen molar-refractivity contribution in [2.75, 3.05) is 7.11 Å². The first-order valence-electron chi connectivity index (χ1n) is 7.10. The fraction of sp³-hybridized carbons (Fsp3) is 0.389. The second kappa shape index (κ2) is 4.62. The van der Waals surface area contributed by atoms with Gasteiger partial charge < -0.3 is 4.74 Å². The lowest BCUT2D eigenvalue weighted by Crippen LogP contribution is -2.52. The number of benzene rings is 1. The van der Waals surface area contributed by atoms with Gasteiger partial charge in [-0.25, -0.2) is 0 Å². The minimum atomic E-state index is 0.130. The fourth-order valence-electron chi connectivity index (χ4n) is 3.41. The fourth-order valence-corrected chi connectivity index (χ4v) is 3.41. The first-order chi connectivity index (χ1) is 9.52. The van der Waals surface area contributed by atoms with Gasteiger partial charge in [-0.3, -0.25) is 4.79 Å². The minimum absolute atomic E-state index is 0.130. The van der Waals surface area contributed by atoms with Crippen LogP contribution in [-0.4, -0.2) is 12.9 Å². The summed E-state index contributed by atoms with van der Waals surface area (Å²) in [6.45, 7) is 4.41. The maximum Gasteiger partial charge on any atom is 0.159 e. The molecule has 0 saturated heterocycles. The van der Waals surface area contributed by atoms with Crippen LogP contribution in [0.1, 0.15) is 25.8 Å². The van der Waals surface area contributed by atoms with Gasteiger partial charge in [-0.05, 0) is 47.1 Å². The van der Waals surface area contributed by atoms with Crippen molar-refractivity contribution < 1.29 is 9.53 Å². The average Bonchev–Trinajstić information content (AvgIpc) is 2.44. The molecule has 0 heterocycles. The zero-order valence-corrected chi connectivity index (χ0v) is 12.2. The maximum absolute atomic E-state index is 12.0. The Balaban J connectivity index is 1.80. The molecule has 4 rings (SSSR count). The third-order valence-corrected chi connectivity index (χ3v) is 4.91. The molecule has 2 atom stereocenters. The highest BCUT2D eigenvalue weighted by Crippen LogP contribution is 2.58. The molecule has 0 aliphatic heterocycles. The van der Waals surface area contributed by atoms with Gasteiger partial charge in [-0.2, -0.15) is 0 Å². The molecule has 104 valence electrons. The van der Waals surface area contributed by atoms with Gasteiger partial charge in [0.2, 0.25) is 0 Å². The van der Waals surface area contributed by atoms with Crippen LogP contribution < -0.4 is 4.74 Å². The minimum Gasteiger partial charge on any atom is -0.497 e. The van der Waals surface area contributed by atoms with Crippen LogP contribution in [0.5, 0.6) is 5.75 Å². The number of ketones is 1. The summed E-state index contributed by atoms with van der Waals surface area (Å²) in [5, 5.41) is 0. The van der Waals surface area contributed by atoms with E-state index in [9.17, 15) is 4.79 Å². The molecule has 2 nitrogen and oxygen atoms in total. The number of allylic oxidation sites excluding steroid dienone is 3. The molecule has 3 aliphatic rings. The number of carbonyl (C=O) groups is 1. The van der Waals surface area contributed by atoms with Crippen molar-refractivity contribution in [2.24, 2.45) is 17.3 Å². The smallest absolute Gasteiger partial charge is 0.159 e. The molecule has 0 spiro atoms. The summed E-state index contributed by atoms with van der Waals surface area (Å²) in [6, 6.07) is 7.94. The van der Waals surface area contributed by atoms with E-state index in [4.69, 9.17) is 4.74 Å². The van der Waals surface area contributed by atoms with Crippen molar-refractivity contribution in [2.45, 2.75) is 20.3 Å². The van der Waals surface area contributed by atoms with Crippen molar-refractivity contribution in [3.05, 3.63) is 47.6 Å². The predicted octanol–water partition coefficient (Wildman–Crippen LogP) is 3.88. The van der Waals surface area contributed by atoms with Crippen LogP contribution >= 0.6 is 0 Å². The number of hydrogen-bond acceptors (Lipinski definition) is 2. The van der Waals surface area contributed by atoms with E-state index in [0.717, 1.165) is 17.7 Å². The lowest BCUT2D eigenvalue weighted by Gasteiger charge is -2.54. The van der Waals surface area contributed by atoms with Crippen LogP contribution in [0, 0.1) is 17.3 Å². The number of ether oxygens (including phenoxy) is 1. The van der Waals surface area contributed by atoms with Crippen molar-refractivity contribution >= 4 is 11.9 Å². The van der Waals surface area contributed by atoms with Gasteiger partial charge in [0.05, 0.1) is 7.11 Å². The number of methoxy groups -OCH3 is 1. The Hall–Kier alpha value is -1.83. The molecule has 1 aromatic rings. The van der Waals surface area contributed by atoms with Gasteiger partial charge in [-0.15, -0.1) is 0 Å². The Morgan fingerprint density at radius 2 is 1.85 bits per heavy atom. The summed E-state index contributed by atoms with van der Waals surface area (Å²) in [6.07, 6.45) is 7.03. The third-order valence-electron chi connectivity index (χ3n) is 4.91. The molecule has 0 unspecified atom stereocenters. The molecular weight excluding hydrogens is 248 g/mol. The number of fused-ring (bicyclic) bond motifs is 1.